The van der Waals surface area contributed by atoms with Crippen molar-refractivity contribution in [2.24, 2.45) is 0 Å². The molecule has 0 unspecified atom stereocenters. The van der Waals surface area contributed by atoms with Crippen LogP contribution in [-0.2, 0) is 52.3 Å². The van der Waals surface area contributed by atoms with E-state index >= 15 is 0 Å². The number of alkyl halides is 6. The summed E-state index contributed by atoms with van der Waals surface area (Å²) >= 11 is 6.25. The average molecular weight is 609 g/mol. The summed E-state index contributed by atoms with van der Waals surface area (Å²) in [5.41, 5.74) is -1.55. The van der Waals surface area contributed by atoms with Gasteiger partial charge in [-0.25, -0.2) is 12.8 Å². The van der Waals surface area contributed by atoms with Crippen molar-refractivity contribution in [1.82, 2.24) is 4.31 Å². The molecule has 0 saturated heterocycles. The molecule has 0 aliphatic carbocycles. The number of carbonyl (C=O) groups is 1. The number of hydrogen-bond donors (Lipinski definition) is 1. The van der Waals surface area contributed by atoms with Gasteiger partial charge < -0.3 is 5.32 Å². The third-order valence-corrected chi connectivity index (χ3v) is 8.45. The normalized spacial score (nSPS) is 14.6. The van der Waals surface area contributed by atoms with Gasteiger partial charge in [-0.2, -0.15) is 30.6 Å². The second kappa shape index (κ2) is 11.0. The molecule has 14 heteroatoms. The minimum Gasteiger partial charge on any atom is -0.324 e. The van der Waals surface area contributed by atoms with Crippen LogP contribution in [0.3, 0.4) is 0 Å². The van der Waals surface area contributed by atoms with Crippen molar-refractivity contribution in [2.75, 3.05) is 11.9 Å². The zero-order valence-corrected chi connectivity index (χ0v) is 21.9. The molecule has 0 bridgehead atoms. The summed E-state index contributed by atoms with van der Waals surface area (Å²) in [6.45, 7) is -0.137. The van der Waals surface area contributed by atoms with Crippen LogP contribution in [0.5, 0.6) is 0 Å². The molecule has 214 valence electrons. The van der Waals surface area contributed by atoms with E-state index in [0.29, 0.717) is 17.2 Å². The highest BCUT2D eigenvalue weighted by Crippen LogP contribution is 2.35. The van der Waals surface area contributed by atoms with Crippen molar-refractivity contribution in [3.63, 3.8) is 0 Å². The molecule has 3 aromatic carbocycles. The number of nitrogens with zero attached hydrogens (tertiary/aromatic N) is 1. The van der Waals surface area contributed by atoms with E-state index in [1.165, 1.54) is 6.07 Å². The molecule has 5 nitrogen and oxygen atoms in total. The van der Waals surface area contributed by atoms with Crippen LogP contribution in [-0.4, -0.2) is 25.2 Å². The Hall–Kier alpha value is -3.16. The van der Waals surface area contributed by atoms with Gasteiger partial charge in [0.15, 0.2) is 0 Å². The fourth-order valence-electron chi connectivity index (χ4n) is 4.36. The summed E-state index contributed by atoms with van der Waals surface area (Å²) in [6, 6.07) is 9.39. The Labute approximate surface area is 229 Å². The van der Waals surface area contributed by atoms with Gasteiger partial charge in [0.25, 0.3) is 0 Å². The molecule has 0 fully saturated rings. The summed E-state index contributed by atoms with van der Waals surface area (Å²) < 4.78 is 119. The van der Waals surface area contributed by atoms with Gasteiger partial charge in [-0.05, 0) is 52.9 Å². The minimum atomic E-state index is -4.93. The number of hydrogen-bond acceptors (Lipinski definition) is 3. The van der Waals surface area contributed by atoms with E-state index in [1.807, 2.05) is 0 Å². The zero-order chi connectivity index (χ0) is 29.5. The number of rotatable bonds is 6. The lowest BCUT2D eigenvalue weighted by Gasteiger charge is -2.30. The summed E-state index contributed by atoms with van der Waals surface area (Å²) in [7, 11) is -3.94. The van der Waals surface area contributed by atoms with Crippen LogP contribution in [0.4, 0.5) is 36.4 Å². The number of nitrogens with one attached hydrogen (secondary N) is 1. The van der Waals surface area contributed by atoms with Crippen molar-refractivity contribution in [1.29, 1.82) is 0 Å². The Bertz CT molecular complexity index is 1540. The van der Waals surface area contributed by atoms with Crippen LogP contribution in [0.2, 0.25) is 5.02 Å². The Balaban J connectivity index is 1.49. The third-order valence-electron chi connectivity index (χ3n) is 6.34. The standard InChI is InChI=1S/C26H20ClF7N2O3S/c27-21-9-6-17-13-36(40(38,39)14-15-4-7-18(8-5-15)25(29,30)31)11-10-19(17)24(21)35-22(37)12-16-2-1-3-20(23(16)28)26(32,33)34/h1-9H,10-14H2,(H,35,37). The lowest BCUT2D eigenvalue weighted by atomic mass is 9.98. The maximum atomic E-state index is 14.4. The molecular weight excluding hydrogens is 589 g/mol. The van der Waals surface area contributed by atoms with Gasteiger partial charge in [0.05, 0.1) is 34.0 Å². The highest BCUT2D eigenvalue weighted by Gasteiger charge is 2.35. The largest absolute Gasteiger partial charge is 0.419 e. The van der Waals surface area contributed by atoms with E-state index in [-0.39, 0.29) is 35.8 Å². The van der Waals surface area contributed by atoms with Crippen molar-refractivity contribution in [2.45, 2.75) is 37.5 Å². The molecule has 0 spiro atoms. The van der Waals surface area contributed by atoms with Gasteiger partial charge in [-0.1, -0.05) is 41.9 Å². The first-order chi connectivity index (χ1) is 18.6. The molecule has 1 aliphatic heterocycles. The first kappa shape index (κ1) is 29.8. The van der Waals surface area contributed by atoms with Crippen LogP contribution < -0.4 is 5.32 Å². The highest BCUT2D eigenvalue weighted by molar-refractivity contribution is 7.88. The fraction of sp³-hybridized carbons (Fsp3) is 0.269. The molecular formula is C26H20ClF7N2O3S. The van der Waals surface area contributed by atoms with Crippen LogP contribution in [0.1, 0.15) is 33.4 Å². The molecule has 0 radical (unpaired) electrons. The Kier molecular flexibility index (Phi) is 8.21. The predicted octanol–water partition coefficient (Wildman–Crippen LogP) is 6.59. The van der Waals surface area contributed by atoms with E-state index in [0.717, 1.165) is 40.7 Å². The average Bonchev–Trinajstić information content (AvgIpc) is 2.85. The molecule has 40 heavy (non-hydrogen) atoms. The first-order valence-electron chi connectivity index (χ1n) is 11.6. The van der Waals surface area contributed by atoms with Gasteiger partial charge in [0.2, 0.25) is 15.9 Å². The lowest BCUT2D eigenvalue weighted by Crippen LogP contribution is -2.37. The molecule has 0 atom stereocenters. The second-order valence-corrected chi connectivity index (χ2v) is 11.5. The number of halogens is 8. The maximum absolute atomic E-state index is 14.4. The molecule has 1 N–H and O–H groups in total. The second-order valence-electron chi connectivity index (χ2n) is 9.10. The number of fused-ring (bicyclic) bond motifs is 1. The maximum Gasteiger partial charge on any atom is 0.419 e. The monoisotopic (exact) mass is 608 g/mol. The third kappa shape index (κ3) is 6.58. The predicted molar refractivity (Wildman–Crippen MR) is 133 cm³/mol. The topological polar surface area (TPSA) is 66.5 Å². The number of sulfonamides is 1. The Morgan fingerprint density at radius 3 is 2.25 bits per heavy atom. The fourth-order valence-corrected chi connectivity index (χ4v) is 6.08. The van der Waals surface area contributed by atoms with E-state index < -0.39 is 63.0 Å². The van der Waals surface area contributed by atoms with E-state index in [4.69, 9.17) is 11.6 Å². The van der Waals surface area contributed by atoms with E-state index in [1.54, 1.807) is 6.07 Å². The zero-order valence-electron chi connectivity index (χ0n) is 20.3. The van der Waals surface area contributed by atoms with Crippen molar-refractivity contribution >= 4 is 33.2 Å². The van der Waals surface area contributed by atoms with Crippen LogP contribution in [0, 0.1) is 5.82 Å². The Morgan fingerprint density at radius 1 is 0.950 bits per heavy atom. The van der Waals surface area contributed by atoms with Gasteiger partial charge in [0, 0.05) is 13.1 Å². The number of carbonyl (C=O) groups excluding carboxylic acids is 1. The number of amides is 1. The van der Waals surface area contributed by atoms with Gasteiger partial charge in [-0.15, -0.1) is 0 Å². The molecule has 3 aromatic rings. The van der Waals surface area contributed by atoms with Gasteiger partial charge in [0.1, 0.15) is 5.82 Å². The Morgan fingerprint density at radius 2 is 1.62 bits per heavy atom. The first-order valence-corrected chi connectivity index (χ1v) is 13.6. The van der Waals surface area contributed by atoms with Crippen molar-refractivity contribution in [3.8, 4) is 0 Å². The van der Waals surface area contributed by atoms with Gasteiger partial charge in [-0.3, -0.25) is 4.79 Å². The van der Waals surface area contributed by atoms with E-state index in [2.05, 4.69) is 5.32 Å². The molecule has 1 heterocycles. The van der Waals surface area contributed by atoms with Crippen molar-refractivity contribution in [3.05, 3.63) is 98.8 Å². The van der Waals surface area contributed by atoms with Crippen LogP contribution in [0.25, 0.3) is 0 Å². The van der Waals surface area contributed by atoms with Crippen LogP contribution in [0.15, 0.2) is 54.6 Å². The summed E-state index contributed by atoms with van der Waals surface area (Å²) in [4.78, 5) is 12.7. The molecule has 1 aliphatic rings. The SMILES string of the molecule is O=C(Cc1cccc(C(F)(F)F)c1F)Nc1c(Cl)ccc2c1CCN(S(=O)(=O)Cc1ccc(C(F)(F)F)cc1)C2. The summed E-state index contributed by atoms with van der Waals surface area (Å²) in [5, 5.41) is 2.60. The highest BCUT2D eigenvalue weighted by atomic mass is 35.5. The number of anilines is 1. The quantitative estimate of drug-likeness (QED) is 0.321. The number of benzene rings is 3. The van der Waals surface area contributed by atoms with E-state index in [9.17, 15) is 43.9 Å². The smallest absolute Gasteiger partial charge is 0.324 e. The lowest BCUT2D eigenvalue weighted by molar-refractivity contribution is -0.140. The van der Waals surface area contributed by atoms with Gasteiger partial charge >= 0.3 is 12.4 Å². The molecule has 0 aromatic heterocycles. The summed E-state index contributed by atoms with van der Waals surface area (Å²) in [6.07, 6.45) is -10.1. The molecule has 4 rings (SSSR count). The summed E-state index contributed by atoms with van der Waals surface area (Å²) in [5.74, 6) is -2.91. The minimum absolute atomic E-state index is 0.0264. The van der Waals surface area contributed by atoms with Crippen LogP contribution >= 0.6 is 11.6 Å². The molecule has 0 saturated carbocycles. The van der Waals surface area contributed by atoms with Crippen molar-refractivity contribution < 1.29 is 43.9 Å². The molecule has 1 amide bonds.